The molecule has 1 aliphatic heterocycles. The second kappa shape index (κ2) is 6.86. The van der Waals surface area contributed by atoms with E-state index in [9.17, 15) is 5.02 Å². The van der Waals surface area contributed by atoms with E-state index in [-0.39, 0.29) is 0 Å². The van der Waals surface area contributed by atoms with Crippen LogP contribution in [0.1, 0.15) is 25.3 Å². The topological polar surface area (TPSA) is 47.9 Å². The van der Waals surface area contributed by atoms with Crippen molar-refractivity contribution in [3.63, 3.8) is 0 Å². The van der Waals surface area contributed by atoms with Crippen LogP contribution in [0.4, 0.5) is 0 Å². The third-order valence-electron chi connectivity index (χ3n) is 3.59. The molecule has 2 aromatic carbocycles. The van der Waals surface area contributed by atoms with E-state index < -0.39 is 7.12 Å². The molecule has 0 bridgehead atoms. The van der Waals surface area contributed by atoms with Gasteiger partial charge in [-0.25, -0.2) is 0 Å². The summed E-state index contributed by atoms with van der Waals surface area (Å²) in [4.78, 5) is 0. The third kappa shape index (κ3) is 3.43. The first-order valence-corrected chi connectivity index (χ1v) is 7.59. The minimum Gasteiger partial charge on any atom is -0.493 e. The van der Waals surface area contributed by atoms with Crippen LogP contribution < -0.4 is 14.9 Å². The molecule has 0 unspecified atom stereocenters. The summed E-state index contributed by atoms with van der Waals surface area (Å²) >= 11 is 0. The molecular weight excluding hydrogens is 279 g/mol. The lowest BCUT2D eigenvalue weighted by atomic mass is 9.79. The Bertz CT molecular complexity index is 644. The first kappa shape index (κ1) is 14.9. The molecule has 114 valence electrons. The van der Waals surface area contributed by atoms with Crippen molar-refractivity contribution in [3.8, 4) is 17.2 Å². The van der Waals surface area contributed by atoms with Crippen molar-refractivity contribution in [2.24, 2.45) is 0 Å². The summed E-state index contributed by atoms with van der Waals surface area (Å²) in [5, 5.41) is 9.74. The van der Waals surface area contributed by atoms with Crippen molar-refractivity contribution in [1.29, 1.82) is 0 Å². The third-order valence-corrected chi connectivity index (χ3v) is 3.59. The van der Waals surface area contributed by atoms with Crippen molar-refractivity contribution in [2.75, 3.05) is 6.61 Å². The molecule has 2 aromatic rings. The highest BCUT2D eigenvalue weighted by Crippen LogP contribution is 2.26. The summed E-state index contributed by atoms with van der Waals surface area (Å²) in [6.07, 6.45) is 2.14. The van der Waals surface area contributed by atoms with Crippen LogP contribution in [-0.4, -0.2) is 18.7 Å². The average molecular weight is 298 g/mol. The summed E-state index contributed by atoms with van der Waals surface area (Å²) < 4.78 is 16.7. The zero-order valence-electron chi connectivity index (χ0n) is 12.6. The van der Waals surface area contributed by atoms with Gasteiger partial charge in [0.25, 0.3) is 0 Å². The van der Waals surface area contributed by atoms with Gasteiger partial charge in [0.1, 0.15) is 17.2 Å². The van der Waals surface area contributed by atoms with Crippen LogP contribution in [0, 0.1) is 0 Å². The number of unbranched alkanes of at least 4 members (excludes halogenated alkanes) is 1. The predicted octanol–water partition coefficient (Wildman–Crippen LogP) is 2.88. The molecule has 5 heteroatoms. The Morgan fingerprint density at radius 3 is 2.82 bits per heavy atom. The minimum absolute atomic E-state index is 0.442. The predicted molar refractivity (Wildman–Crippen MR) is 85.8 cm³/mol. The summed E-state index contributed by atoms with van der Waals surface area (Å²) in [7, 11) is -0.859. The van der Waals surface area contributed by atoms with E-state index in [1.807, 2.05) is 42.5 Å². The highest BCUT2D eigenvalue weighted by Gasteiger charge is 2.27. The molecule has 0 fully saturated rings. The molecule has 0 aliphatic carbocycles. The van der Waals surface area contributed by atoms with Gasteiger partial charge >= 0.3 is 7.12 Å². The van der Waals surface area contributed by atoms with Gasteiger partial charge < -0.3 is 19.2 Å². The van der Waals surface area contributed by atoms with E-state index in [4.69, 9.17) is 14.1 Å². The quantitative estimate of drug-likeness (QED) is 0.658. The standard InChI is InChI=1S/C17H19BO4/c1-2-3-9-20-14-5-4-6-15(10-14)22-16-8-7-13-12-21-18(19)17(13)11-16/h4-8,10-11,19H,2-3,9,12H2,1H3. The van der Waals surface area contributed by atoms with Gasteiger partial charge in [-0.15, -0.1) is 0 Å². The van der Waals surface area contributed by atoms with Gasteiger partial charge in [-0.2, -0.15) is 0 Å². The molecule has 4 nitrogen and oxygen atoms in total. The first-order valence-electron chi connectivity index (χ1n) is 7.59. The molecule has 0 aromatic heterocycles. The van der Waals surface area contributed by atoms with Crippen molar-refractivity contribution >= 4 is 12.6 Å². The normalized spacial score (nSPS) is 13.1. The zero-order valence-corrected chi connectivity index (χ0v) is 12.6. The Morgan fingerprint density at radius 1 is 1.14 bits per heavy atom. The Balaban J connectivity index is 1.70. The lowest BCUT2D eigenvalue weighted by Gasteiger charge is -2.10. The van der Waals surface area contributed by atoms with Gasteiger partial charge in [-0.1, -0.05) is 25.5 Å². The number of benzene rings is 2. The second-order valence-electron chi connectivity index (χ2n) is 5.30. The van der Waals surface area contributed by atoms with Crippen LogP contribution in [0.25, 0.3) is 0 Å². The molecule has 0 atom stereocenters. The molecule has 0 spiro atoms. The Hall–Kier alpha value is -1.98. The molecule has 0 saturated heterocycles. The van der Waals surface area contributed by atoms with Crippen LogP contribution in [0.5, 0.6) is 17.2 Å². The molecule has 3 rings (SSSR count). The molecule has 1 heterocycles. The summed E-state index contributed by atoms with van der Waals surface area (Å²) in [5.41, 5.74) is 1.77. The molecule has 1 aliphatic rings. The molecule has 1 N–H and O–H groups in total. The average Bonchev–Trinajstić information content (AvgIpc) is 2.89. The van der Waals surface area contributed by atoms with Gasteiger partial charge in [0.15, 0.2) is 0 Å². The maximum atomic E-state index is 9.74. The largest absolute Gasteiger partial charge is 0.493 e. The van der Waals surface area contributed by atoms with E-state index in [1.165, 1.54) is 0 Å². The van der Waals surface area contributed by atoms with E-state index in [0.717, 1.165) is 29.6 Å². The van der Waals surface area contributed by atoms with Gasteiger partial charge in [-0.05, 0) is 41.7 Å². The van der Waals surface area contributed by atoms with Gasteiger partial charge in [-0.3, -0.25) is 0 Å². The fourth-order valence-electron chi connectivity index (χ4n) is 2.35. The minimum atomic E-state index is -0.859. The Kier molecular flexibility index (Phi) is 4.66. The monoisotopic (exact) mass is 298 g/mol. The van der Waals surface area contributed by atoms with Crippen molar-refractivity contribution in [3.05, 3.63) is 48.0 Å². The molecule has 0 saturated carbocycles. The fraction of sp³-hybridized carbons (Fsp3) is 0.294. The lowest BCUT2D eigenvalue weighted by Crippen LogP contribution is -2.27. The molecular formula is C17H19BO4. The lowest BCUT2D eigenvalue weighted by molar-refractivity contribution is 0.275. The van der Waals surface area contributed by atoms with E-state index >= 15 is 0 Å². The smallest absolute Gasteiger partial charge is 0.491 e. The zero-order chi connectivity index (χ0) is 15.4. The van der Waals surface area contributed by atoms with Crippen LogP contribution >= 0.6 is 0 Å². The van der Waals surface area contributed by atoms with E-state index in [0.29, 0.717) is 24.7 Å². The van der Waals surface area contributed by atoms with Crippen LogP contribution in [-0.2, 0) is 11.3 Å². The van der Waals surface area contributed by atoms with Crippen LogP contribution in [0.2, 0.25) is 0 Å². The van der Waals surface area contributed by atoms with Gasteiger partial charge in [0, 0.05) is 6.07 Å². The summed E-state index contributed by atoms with van der Waals surface area (Å²) in [5.74, 6) is 2.19. The van der Waals surface area contributed by atoms with E-state index in [2.05, 4.69) is 6.92 Å². The molecule has 22 heavy (non-hydrogen) atoms. The van der Waals surface area contributed by atoms with Crippen molar-refractivity contribution in [2.45, 2.75) is 26.4 Å². The highest BCUT2D eigenvalue weighted by molar-refractivity contribution is 6.61. The second-order valence-corrected chi connectivity index (χ2v) is 5.30. The SMILES string of the molecule is CCCCOc1cccc(Oc2ccc3c(c2)B(O)OC3)c1. The summed E-state index contributed by atoms with van der Waals surface area (Å²) in [6.45, 7) is 3.29. The first-order chi connectivity index (χ1) is 10.8. The van der Waals surface area contributed by atoms with Crippen LogP contribution in [0.3, 0.4) is 0 Å². The van der Waals surface area contributed by atoms with Crippen LogP contribution in [0.15, 0.2) is 42.5 Å². The van der Waals surface area contributed by atoms with Crippen molar-refractivity contribution < 1.29 is 19.2 Å². The maximum absolute atomic E-state index is 9.74. The van der Waals surface area contributed by atoms with Gasteiger partial charge in [0.2, 0.25) is 0 Å². The van der Waals surface area contributed by atoms with Gasteiger partial charge in [0.05, 0.1) is 13.2 Å². The highest BCUT2D eigenvalue weighted by atomic mass is 16.5. The number of ether oxygens (including phenoxy) is 2. The number of rotatable bonds is 6. The molecule has 0 amide bonds. The van der Waals surface area contributed by atoms with E-state index in [1.54, 1.807) is 0 Å². The van der Waals surface area contributed by atoms with Crippen molar-refractivity contribution in [1.82, 2.24) is 0 Å². The Morgan fingerprint density at radius 2 is 1.95 bits per heavy atom. The molecule has 0 radical (unpaired) electrons. The summed E-state index contributed by atoms with van der Waals surface area (Å²) in [6, 6.07) is 13.2. The maximum Gasteiger partial charge on any atom is 0.491 e. The Labute approximate surface area is 130 Å². The number of fused-ring (bicyclic) bond motifs is 1. The fourth-order valence-corrected chi connectivity index (χ4v) is 2.35. The number of hydrogen-bond acceptors (Lipinski definition) is 4. The number of hydrogen-bond donors (Lipinski definition) is 1.